The number of hydrogen-bond donors (Lipinski definition) is 3. The molecular formula is C23H23N3O3. The van der Waals surface area contributed by atoms with Crippen molar-refractivity contribution in [3.05, 3.63) is 89.5 Å². The summed E-state index contributed by atoms with van der Waals surface area (Å²) >= 11 is 0. The standard InChI is InChI=1S/C23H23N3O3/c1-16-5-3-6-17(13-16)15-29-21-8-4-7-18(14-21)22(27)25-19-9-11-20(12-10-19)26-23(28)24-2/h3-14H,15H2,1-2H3,(H,25,27)(H2,24,26,28). The number of benzene rings is 3. The van der Waals surface area contributed by atoms with Crippen molar-refractivity contribution >= 4 is 23.3 Å². The third-order valence-corrected chi connectivity index (χ3v) is 4.21. The molecule has 0 saturated carbocycles. The maximum atomic E-state index is 12.5. The van der Waals surface area contributed by atoms with Crippen LogP contribution in [0.3, 0.4) is 0 Å². The number of anilines is 2. The molecule has 0 atom stereocenters. The molecule has 0 heterocycles. The topological polar surface area (TPSA) is 79.5 Å². The van der Waals surface area contributed by atoms with Gasteiger partial charge in [0.2, 0.25) is 0 Å². The first-order valence-corrected chi connectivity index (χ1v) is 9.22. The van der Waals surface area contributed by atoms with E-state index in [1.807, 2.05) is 31.2 Å². The van der Waals surface area contributed by atoms with Gasteiger partial charge in [0, 0.05) is 24.0 Å². The molecule has 3 rings (SSSR count). The fourth-order valence-electron chi connectivity index (χ4n) is 2.73. The van der Waals surface area contributed by atoms with E-state index in [0.717, 1.165) is 5.56 Å². The molecule has 3 aromatic carbocycles. The number of carbonyl (C=O) groups is 2. The summed E-state index contributed by atoms with van der Waals surface area (Å²) in [6.07, 6.45) is 0. The van der Waals surface area contributed by atoms with Gasteiger partial charge in [-0.25, -0.2) is 4.79 Å². The third-order valence-electron chi connectivity index (χ3n) is 4.21. The van der Waals surface area contributed by atoms with Gasteiger partial charge in [0.15, 0.2) is 0 Å². The summed E-state index contributed by atoms with van der Waals surface area (Å²) in [6.45, 7) is 2.47. The maximum absolute atomic E-state index is 12.5. The average Bonchev–Trinajstić information content (AvgIpc) is 2.74. The van der Waals surface area contributed by atoms with Gasteiger partial charge in [0.1, 0.15) is 12.4 Å². The molecule has 6 nitrogen and oxygen atoms in total. The molecule has 0 unspecified atom stereocenters. The zero-order chi connectivity index (χ0) is 20.6. The Morgan fingerprint density at radius 1 is 0.862 bits per heavy atom. The van der Waals surface area contributed by atoms with Gasteiger partial charge < -0.3 is 20.7 Å². The van der Waals surface area contributed by atoms with E-state index in [1.165, 1.54) is 5.56 Å². The Hall–Kier alpha value is -3.80. The van der Waals surface area contributed by atoms with Gasteiger partial charge in [-0.2, -0.15) is 0 Å². The zero-order valence-corrected chi connectivity index (χ0v) is 16.4. The van der Waals surface area contributed by atoms with Crippen molar-refractivity contribution in [3.63, 3.8) is 0 Å². The molecule has 29 heavy (non-hydrogen) atoms. The Morgan fingerprint density at radius 2 is 1.55 bits per heavy atom. The number of rotatable bonds is 6. The summed E-state index contributed by atoms with van der Waals surface area (Å²) in [4.78, 5) is 23.9. The van der Waals surface area contributed by atoms with Crippen molar-refractivity contribution < 1.29 is 14.3 Å². The number of amides is 3. The second-order valence-electron chi connectivity index (χ2n) is 6.54. The number of hydrogen-bond acceptors (Lipinski definition) is 3. The van der Waals surface area contributed by atoms with Crippen LogP contribution in [0.15, 0.2) is 72.8 Å². The van der Waals surface area contributed by atoms with Crippen LogP contribution in [-0.2, 0) is 6.61 Å². The number of urea groups is 1. The van der Waals surface area contributed by atoms with E-state index in [2.05, 4.69) is 22.0 Å². The normalized spacial score (nSPS) is 10.1. The van der Waals surface area contributed by atoms with E-state index >= 15 is 0 Å². The first kappa shape index (κ1) is 19.9. The lowest BCUT2D eigenvalue weighted by Crippen LogP contribution is -2.24. The molecule has 0 aromatic heterocycles. The predicted molar refractivity (Wildman–Crippen MR) is 114 cm³/mol. The Bertz CT molecular complexity index is 1000. The van der Waals surface area contributed by atoms with Gasteiger partial charge in [-0.3, -0.25) is 4.79 Å². The Kier molecular flexibility index (Phi) is 6.47. The summed E-state index contributed by atoms with van der Waals surface area (Å²) < 4.78 is 5.83. The van der Waals surface area contributed by atoms with Crippen LogP contribution >= 0.6 is 0 Å². The molecule has 3 aromatic rings. The molecule has 0 spiro atoms. The van der Waals surface area contributed by atoms with Gasteiger partial charge in [0.25, 0.3) is 5.91 Å². The van der Waals surface area contributed by atoms with Gasteiger partial charge in [0.05, 0.1) is 0 Å². The Labute approximate surface area is 169 Å². The maximum Gasteiger partial charge on any atom is 0.318 e. The highest BCUT2D eigenvalue weighted by Crippen LogP contribution is 2.18. The molecule has 148 valence electrons. The molecule has 0 aliphatic rings. The van der Waals surface area contributed by atoms with E-state index in [0.29, 0.717) is 29.3 Å². The zero-order valence-electron chi connectivity index (χ0n) is 16.4. The fraction of sp³-hybridized carbons (Fsp3) is 0.130. The molecule has 6 heteroatoms. The SMILES string of the molecule is CNC(=O)Nc1ccc(NC(=O)c2cccc(OCc3cccc(C)c3)c2)cc1. The second kappa shape index (κ2) is 9.41. The fourth-order valence-corrected chi connectivity index (χ4v) is 2.73. The lowest BCUT2D eigenvalue weighted by atomic mass is 10.1. The minimum absolute atomic E-state index is 0.238. The van der Waals surface area contributed by atoms with E-state index in [4.69, 9.17) is 4.74 Å². The number of ether oxygens (including phenoxy) is 1. The van der Waals surface area contributed by atoms with Crippen molar-refractivity contribution in [2.45, 2.75) is 13.5 Å². The quantitative estimate of drug-likeness (QED) is 0.577. The van der Waals surface area contributed by atoms with Gasteiger partial charge in [-0.05, 0) is 55.0 Å². The highest BCUT2D eigenvalue weighted by atomic mass is 16.5. The van der Waals surface area contributed by atoms with Crippen molar-refractivity contribution in [3.8, 4) is 5.75 Å². The van der Waals surface area contributed by atoms with Crippen molar-refractivity contribution in [2.75, 3.05) is 17.7 Å². The molecule has 0 aliphatic heterocycles. The average molecular weight is 389 g/mol. The van der Waals surface area contributed by atoms with Crippen LogP contribution in [0.4, 0.5) is 16.2 Å². The number of carbonyl (C=O) groups excluding carboxylic acids is 2. The van der Waals surface area contributed by atoms with E-state index < -0.39 is 0 Å². The molecule has 3 N–H and O–H groups in total. The van der Waals surface area contributed by atoms with Crippen molar-refractivity contribution in [1.82, 2.24) is 5.32 Å². The molecule has 0 fully saturated rings. The monoisotopic (exact) mass is 389 g/mol. The van der Waals surface area contributed by atoms with E-state index in [9.17, 15) is 9.59 Å². The van der Waals surface area contributed by atoms with Crippen LogP contribution in [-0.4, -0.2) is 19.0 Å². The smallest absolute Gasteiger partial charge is 0.318 e. The molecule has 0 saturated heterocycles. The van der Waals surface area contributed by atoms with Crippen LogP contribution in [0.25, 0.3) is 0 Å². The van der Waals surface area contributed by atoms with Crippen LogP contribution in [0.2, 0.25) is 0 Å². The summed E-state index contributed by atoms with van der Waals surface area (Å²) in [5.74, 6) is 0.391. The summed E-state index contributed by atoms with van der Waals surface area (Å²) in [5.41, 5.74) is 4.01. The Morgan fingerprint density at radius 3 is 2.24 bits per heavy atom. The first-order chi connectivity index (χ1) is 14.0. The Balaban J connectivity index is 1.61. The lowest BCUT2D eigenvalue weighted by molar-refractivity contribution is 0.102. The highest BCUT2D eigenvalue weighted by molar-refractivity contribution is 6.04. The van der Waals surface area contributed by atoms with Gasteiger partial charge in [-0.1, -0.05) is 35.9 Å². The molecule has 3 amide bonds. The molecule has 0 aliphatic carbocycles. The van der Waals surface area contributed by atoms with Crippen LogP contribution < -0.4 is 20.7 Å². The second-order valence-corrected chi connectivity index (χ2v) is 6.54. The minimum Gasteiger partial charge on any atom is -0.489 e. The number of nitrogens with one attached hydrogen (secondary N) is 3. The van der Waals surface area contributed by atoms with Gasteiger partial charge in [-0.15, -0.1) is 0 Å². The first-order valence-electron chi connectivity index (χ1n) is 9.22. The van der Waals surface area contributed by atoms with Crippen molar-refractivity contribution in [1.29, 1.82) is 0 Å². The van der Waals surface area contributed by atoms with Crippen LogP contribution in [0.5, 0.6) is 5.75 Å². The van der Waals surface area contributed by atoms with Crippen LogP contribution in [0.1, 0.15) is 21.5 Å². The van der Waals surface area contributed by atoms with E-state index in [1.54, 1.807) is 49.5 Å². The number of aryl methyl sites for hydroxylation is 1. The summed E-state index contributed by atoms with van der Waals surface area (Å²) in [5, 5.41) is 7.98. The molecule has 0 bridgehead atoms. The predicted octanol–water partition coefficient (Wildman–Crippen LogP) is 4.58. The largest absolute Gasteiger partial charge is 0.489 e. The van der Waals surface area contributed by atoms with Crippen LogP contribution in [0, 0.1) is 6.92 Å². The third kappa shape index (κ3) is 5.84. The van der Waals surface area contributed by atoms with Gasteiger partial charge >= 0.3 is 6.03 Å². The summed E-state index contributed by atoms with van der Waals surface area (Å²) in [6, 6.07) is 21.7. The lowest BCUT2D eigenvalue weighted by Gasteiger charge is -2.10. The van der Waals surface area contributed by atoms with E-state index in [-0.39, 0.29) is 11.9 Å². The molecular weight excluding hydrogens is 366 g/mol. The summed E-state index contributed by atoms with van der Waals surface area (Å²) in [7, 11) is 1.54. The molecule has 0 radical (unpaired) electrons. The minimum atomic E-state index is -0.302. The highest BCUT2D eigenvalue weighted by Gasteiger charge is 2.08. The van der Waals surface area contributed by atoms with Crippen molar-refractivity contribution in [2.24, 2.45) is 0 Å².